The Labute approximate surface area is 195 Å². The van der Waals surface area contributed by atoms with Crippen LogP contribution in [0.1, 0.15) is 0 Å². The van der Waals surface area contributed by atoms with Gasteiger partial charge in [-0.1, -0.05) is 0 Å². The number of hydrogen-bond donors (Lipinski definition) is 0. The molecular weight excluding hydrogens is 853 g/mol. The third-order valence-corrected chi connectivity index (χ3v) is 0.926. The normalized spacial score (nSPS) is 10.5. The first-order valence-corrected chi connectivity index (χ1v) is 4.90. The van der Waals surface area contributed by atoms with Gasteiger partial charge in [0.1, 0.15) is 23.9 Å². The molecule has 0 N–H and O–H groups in total. The molecule has 168 valence electrons. The predicted molar refractivity (Wildman–Crippen MR) is 44.2 cm³/mol. The van der Waals surface area contributed by atoms with Crippen LogP contribution in [0.2, 0.25) is 0 Å². The first kappa shape index (κ1) is 42.9. The quantitative estimate of drug-likeness (QED) is 0.187. The van der Waals surface area contributed by atoms with Crippen molar-refractivity contribution in [2.24, 2.45) is 0 Å². The summed E-state index contributed by atoms with van der Waals surface area (Å²) < 4.78 is 126. The van der Waals surface area contributed by atoms with Gasteiger partial charge < -0.3 is 39.6 Å². The van der Waals surface area contributed by atoms with Crippen molar-refractivity contribution in [3.05, 3.63) is 0 Å². The molecule has 0 aromatic carbocycles. The minimum atomic E-state index is -5.19. The number of hydrogen-bond acceptors (Lipinski definition) is 8. The first-order valence-electron chi connectivity index (χ1n) is 4.90. The van der Waals surface area contributed by atoms with Crippen LogP contribution in [0.5, 0.6) is 0 Å². The number of carboxylic acid groups (broad SMARTS) is 4. The standard InChI is InChI=1S/4C2HF3O2.2Hg/c4*3-2(4,5)1(6)7;;/h4*(H,6,7);;/q;;;;2*+2/p-4. The van der Waals surface area contributed by atoms with E-state index in [0.717, 1.165) is 0 Å². The predicted octanol–water partition coefficient (Wildman–Crippen LogP) is -2.81. The van der Waals surface area contributed by atoms with E-state index in [1.165, 1.54) is 0 Å². The van der Waals surface area contributed by atoms with Crippen LogP contribution >= 0.6 is 0 Å². The van der Waals surface area contributed by atoms with E-state index in [-0.39, 0.29) is 55.3 Å². The van der Waals surface area contributed by atoms with Crippen LogP contribution in [-0.2, 0) is 74.5 Å². The second-order valence-electron chi connectivity index (χ2n) is 3.14. The van der Waals surface area contributed by atoms with Crippen molar-refractivity contribution in [1.82, 2.24) is 0 Å². The molecule has 0 rings (SSSR count). The van der Waals surface area contributed by atoms with Crippen LogP contribution < -0.4 is 20.4 Å². The molecule has 0 aromatic heterocycles. The SMILES string of the molecule is O=C([O-])C(F)(F)F.O=C([O-])C(F)(F)F.O=C([O-])C(F)(F)F.O=C([O-])C(F)(F)F.[Hg+2].[Hg+2]. The molecule has 22 heteroatoms. The molecule has 0 aliphatic heterocycles. The van der Waals surface area contributed by atoms with Crippen molar-refractivity contribution in [3.63, 3.8) is 0 Å². The Morgan fingerprint density at radius 2 is 0.400 bits per heavy atom. The molecule has 0 saturated carbocycles. The average molecular weight is 853 g/mol. The molecule has 0 radical (unpaired) electrons. The molecule has 0 atom stereocenters. The average Bonchev–Trinajstić information content (AvgIpc) is 2.35. The van der Waals surface area contributed by atoms with Gasteiger partial charge in [0.2, 0.25) is 0 Å². The summed E-state index contributed by atoms with van der Waals surface area (Å²) in [5.74, 6) is -12.0. The summed E-state index contributed by atoms with van der Waals surface area (Å²) in [6, 6.07) is 0. The van der Waals surface area contributed by atoms with Gasteiger partial charge in [-0.15, -0.1) is 0 Å². The molecule has 0 amide bonds. The summed E-state index contributed by atoms with van der Waals surface area (Å²) in [4.78, 5) is 35.1. The Morgan fingerprint density at radius 3 is 0.400 bits per heavy atom. The minimum Gasteiger partial charge on any atom is -0.542 e. The van der Waals surface area contributed by atoms with Crippen LogP contribution in [0.4, 0.5) is 52.7 Å². The Bertz CT molecular complexity index is 440. The molecule has 8 nitrogen and oxygen atoms in total. The summed E-state index contributed by atoms with van der Waals surface area (Å²) in [5.41, 5.74) is 0. The van der Waals surface area contributed by atoms with Crippen molar-refractivity contribution in [3.8, 4) is 0 Å². The zero-order chi connectivity index (χ0) is 24.3. The third-order valence-electron chi connectivity index (χ3n) is 0.926. The molecule has 0 heterocycles. The number of alkyl halides is 12. The Hall–Kier alpha value is -1.09. The van der Waals surface area contributed by atoms with Gasteiger partial charge in [-0.25, -0.2) is 0 Å². The number of rotatable bonds is 0. The number of halogens is 12. The van der Waals surface area contributed by atoms with Crippen molar-refractivity contribution in [2.45, 2.75) is 24.7 Å². The summed E-state index contributed by atoms with van der Waals surface area (Å²) >= 11 is 0. The maximum absolute atomic E-state index is 10.5. The summed E-state index contributed by atoms with van der Waals surface area (Å²) in [6.07, 6.45) is -20.8. The van der Waals surface area contributed by atoms with E-state index >= 15 is 0 Å². The van der Waals surface area contributed by atoms with Gasteiger partial charge in [-0.3, -0.25) is 0 Å². The van der Waals surface area contributed by atoms with Gasteiger partial charge in [0, 0.05) is 0 Å². The summed E-state index contributed by atoms with van der Waals surface area (Å²) in [6.45, 7) is 0. The molecule has 0 aromatic rings. The first-order chi connectivity index (χ1) is 11.8. The fourth-order valence-electron chi connectivity index (χ4n) is 0. The van der Waals surface area contributed by atoms with Gasteiger partial charge >= 0.3 is 80.0 Å². The Kier molecular flexibility index (Phi) is 23.7. The smallest absolute Gasteiger partial charge is 0.542 e. The molecular formula is C8F12Hg2O8. The topological polar surface area (TPSA) is 161 Å². The fraction of sp³-hybridized carbons (Fsp3) is 0.500. The molecule has 0 aliphatic carbocycles. The van der Waals surface area contributed by atoms with Crippen LogP contribution in [0.15, 0.2) is 0 Å². The molecule has 0 saturated heterocycles. The fourth-order valence-corrected chi connectivity index (χ4v) is 0. The molecule has 0 spiro atoms. The molecule has 0 unspecified atom stereocenters. The molecule has 30 heavy (non-hydrogen) atoms. The molecule has 0 fully saturated rings. The van der Waals surface area contributed by atoms with E-state index in [4.69, 9.17) is 39.6 Å². The van der Waals surface area contributed by atoms with Crippen molar-refractivity contribution in [1.29, 1.82) is 0 Å². The van der Waals surface area contributed by atoms with E-state index in [2.05, 4.69) is 0 Å². The van der Waals surface area contributed by atoms with Crippen molar-refractivity contribution >= 4 is 23.9 Å². The van der Waals surface area contributed by atoms with E-state index in [1.807, 2.05) is 0 Å². The van der Waals surface area contributed by atoms with E-state index in [1.54, 1.807) is 0 Å². The second-order valence-corrected chi connectivity index (χ2v) is 3.14. The van der Waals surface area contributed by atoms with Crippen molar-refractivity contribution in [2.75, 3.05) is 0 Å². The van der Waals surface area contributed by atoms with E-state index in [9.17, 15) is 52.7 Å². The maximum atomic E-state index is 10.5. The zero-order valence-corrected chi connectivity index (χ0v) is 24.2. The van der Waals surface area contributed by atoms with Crippen molar-refractivity contribution < 1.29 is 148 Å². The van der Waals surface area contributed by atoms with Crippen LogP contribution in [0.3, 0.4) is 0 Å². The summed E-state index contributed by atoms with van der Waals surface area (Å²) in [7, 11) is 0. The van der Waals surface area contributed by atoms with Gasteiger partial charge in [-0.2, -0.15) is 52.7 Å². The Morgan fingerprint density at radius 1 is 0.367 bits per heavy atom. The maximum Gasteiger partial charge on any atom is 2.00 e. The number of aliphatic carboxylic acids is 4. The minimum absolute atomic E-state index is 0. The number of carboxylic acids is 4. The Balaban J connectivity index is -0.0000000626. The molecule has 0 aliphatic rings. The van der Waals surface area contributed by atoms with Gasteiger partial charge in [0.05, 0.1) is 0 Å². The largest absolute Gasteiger partial charge is 2.00 e. The van der Waals surface area contributed by atoms with E-state index in [0.29, 0.717) is 0 Å². The van der Waals surface area contributed by atoms with Gasteiger partial charge in [0.25, 0.3) is 0 Å². The van der Waals surface area contributed by atoms with Crippen LogP contribution in [-0.4, -0.2) is 48.6 Å². The van der Waals surface area contributed by atoms with Crippen LogP contribution in [0.25, 0.3) is 0 Å². The second kappa shape index (κ2) is 16.6. The summed E-state index contributed by atoms with van der Waals surface area (Å²) in [5, 5.41) is 35.1. The zero-order valence-electron chi connectivity index (χ0n) is 13.2. The van der Waals surface area contributed by atoms with Gasteiger partial charge in [-0.05, 0) is 0 Å². The number of carbonyl (C=O) groups excluding carboxylic acids is 4. The monoisotopic (exact) mass is 856 g/mol. The third kappa shape index (κ3) is 34.4. The number of carbonyl (C=O) groups is 4. The molecule has 0 bridgehead atoms. The van der Waals surface area contributed by atoms with Crippen LogP contribution in [0, 0.1) is 0 Å². The van der Waals surface area contributed by atoms with E-state index < -0.39 is 48.6 Å². The van der Waals surface area contributed by atoms with Gasteiger partial charge in [0.15, 0.2) is 0 Å².